The highest BCUT2D eigenvalue weighted by molar-refractivity contribution is 7.90. The molecule has 0 aliphatic carbocycles. The Balaban J connectivity index is 3.77. The van der Waals surface area contributed by atoms with E-state index in [1.54, 1.807) is 0 Å². The summed E-state index contributed by atoms with van der Waals surface area (Å²) in [7, 11) is -3.03. The molecule has 2 N–H and O–H groups in total. The first-order valence-corrected chi connectivity index (χ1v) is 6.86. The largest absolute Gasteiger partial charge is 0.327 e. The minimum atomic E-state index is -3.03. The predicted octanol–water partition coefficient (Wildman–Crippen LogP) is 0.508. The van der Waals surface area contributed by atoms with Crippen molar-refractivity contribution in [2.75, 3.05) is 12.0 Å². The minimum absolute atomic E-state index is 0.0589. The van der Waals surface area contributed by atoms with Crippen LogP contribution in [0.2, 0.25) is 0 Å². The van der Waals surface area contributed by atoms with Crippen molar-refractivity contribution in [1.29, 1.82) is 0 Å². The topological polar surface area (TPSA) is 77.2 Å². The summed E-state index contributed by atoms with van der Waals surface area (Å²) in [5, 5.41) is 0. The molecular formula is C9H19NO3S. The van der Waals surface area contributed by atoms with Crippen LogP contribution >= 0.6 is 0 Å². The number of carbonyl (C=O) groups is 1. The molecule has 4 nitrogen and oxygen atoms in total. The summed E-state index contributed by atoms with van der Waals surface area (Å²) in [4.78, 5) is 11.2. The van der Waals surface area contributed by atoms with Crippen molar-refractivity contribution < 1.29 is 13.2 Å². The van der Waals surface area contributed by atoms with Crippen LogP contribution in [0.5, 0.6) is 0 Å². The zero-order chi connectivity index (χ0) is 11.2. The first kappa shape index (κ1) is 13.6. The smallest absolute Gasteiger partial charge is 0.147 e. The Morgan fingerprint density at radius 3 is 2.43 bits per heavy atom. The molecule has 0 amide bonds. The molecule has 84 valence electrons. The lowest BCUT2D eigenvalue weighted by Gasteiger charge is -2.08. The van der Waals surface area contributed by atoms with Gasteiger partial charge in [-0.2, -0.15) is 0 Å². The Bertz CT molecular complexity index is 272. The Labute approximate surface area is 85.8 Å². The second-order valence-corrected chi connectivity index (χ2v) is 5.93. The number of ketones is 1. The minimum Gasteiger partial charge on any atom is -0.327 e. The highest BCUT2D eigenvalue weighted by Gasteiger charge is 2.11. The van der Waals surface area contributed by atoms with Crippen molar-refractivity contribution in [2.45, 2.75) is 38.6 Å². The Morgan fingerprint density at radius 2 is 2.00 bits per heavy atom. The van der Waals surface area contributed by atoms with Gasteiger partial charge in [-0.15, -0.1) is 0 Å². The maximum Gasteiger partial charge on any atom is 0.147 e. The number of carbonyl (C=O) groups excluding carboxylic acids is 1. The molecule has 0 spiro atoms. The van der Waals surface area contributed by atoms with Crippen LogP contribution in [0.25, 0.3) is 0 Å². The van der Waals surface area contributed by atoms with Gasteiger partial charge in [0, 0.05) is 25.1 Å². The fraction of sp³-hybridized carbons (Fsp3) is 0.889. The van der Waals surface area contributed by atoms with E-state index >= 15 is 0 Å². The summed E-state index contributed by atoms with van der Waals surface area (Å²) >= 11 is 0. The first-order chi connectivity index (χ1) is 6.35. The summed E-state index contributed by atoms with van der Waals surface area (Å²) in [5.74, 6) is -0.124. The maximum atomic E-state index is 11.2. The van der Waals surface area contributed by atoms with E-state index in [-0.39, 0.29) is 24.0 Å². The molecule has 1 atom stereocenters. The number of hydrogen-bond donors (Lipinski definition) is 1. The van der Waals surface area contributed by atoms with Crippen LogP contribution in [0.4, 0.5) is 0 Å². The fourth-order valence-electron chi connectivity index (χ4n) is 1.17. The van der Waals surface area contributed by atoms with Crippen molar-refractivity contribution >= 4 is 15.6 Å². The Morgan fingerprint density at radius 1 is 1.43 bits per heavy atom. The van der Waals surface area contributed by atoms with Crippen LogP contribution in [-0.2, 0) is 14.6 Å². The van der Waals surface area contributed by atoms with Gasteiger partial charge in [0.15, 0.2) is 0 Å². The van der Waals surface area contributed by atoms with Gasteiger partial charge in [0.05, 0.1) is 5.75 Å². The zero-order valence-corrected chi connectivity index (χ0v) is 9.64. The molecule has 0 aliphatic rings. The summed E-state index contributed by atoms with van der Waals surface area (Å²) in [6.07, 6.45) is 3.27. The lowest BCUT2D eigenvalue weighted by Crippen LogP contribution is -2.24. The molecule has 0 radical (unpaired) electrons. The molecule has 0 aromatic rings. The van der Waals surface area contributed by atoms with Gasteiger partial charge in [0.25, 0.3) is 0 Å². The quantitative estimate of drug-likeness (QED) is 0.679. The van der Waals surface area contributed by atoms with Gasteiger partial charge in [-0.1, -0.05) is 13.3 Å². The molecule has 0 aromatic carbocycles. The zero-order valence-electron chi connectivity index (χ0n) is 8.82. The summed E-state index contributed by atoms with van der Waals surface area (Å²) < 4.78 is 21.5. The van der Waals surface area contributed by atoms with E-state index in [9.17, 15) is 13.2 Å². The molecule has 0 saturated heterocycles. The predicted molar refractivity (Wildman–Crippen MR) is 56.8 cm³/mol. The van der Waals surface area contributed by atoms with Crippen molar-refractivity contribution in [3.63, 3.8) is 0 Å². The van der Waals surface area contributed by atoms with Crippen LogP contribution in [0, 0.1) is 0 Å². The molecule has 1 unspecified atom stereocenters. The van der Waals surface area contributed by atoms with Crippen molar-refractivity contribution in [2.24, 2.45) is 5.73 Å². The third kappa shape index (κ3) is 8.19. The number of rotatable bonds is 7. The first-order valence-electron chi connectivity index (χ1n) is 4.80. The van der Waals surface area contributed by atoms with E-state index in [4.69, 9.17) is 5.73 Å². The number of sulfone groups is 1. The molecule has 0 heterocycles. The van der Waals surface area contributed by atoms with Gasteiger partial charge in [-0.05, 0) is 6.42 Å². The molecule has 14 heavy (non-hydrogen) atoms. The van der Waals surface area contributed by atoms with Crippen LogP contribution in [0.1, 0.15) is 32.6 Å². The van der Waals surface area contributed by atoms with Crippen LogP contribution in [-0.4, -0.2) is 32.3 Å². The highest BCUT2D eigenvalue weighted by Crippen LogP contribution is 2.02. The van der Waals surface area contributed by atoms with E-state index in [2.05, 4.69) is 0 Å². The van der Waals surface area contributed by atoms with E-state index in [1.807, 2.05) is 6.92 Å². The second kappa shape index (κ2) is 6.14. The van der Waals surface area contributed by atoms with Gasteiger partial charge in [0.1, 0.15) is 15.6 Å². The van der Waals surface area contributed by atoms with Gasteiger partial charge in [0.2, 0.25) is 0 Å². The molecule has 0 rings (SSSR count). The van der Waals surface area contributed by atoms with Gasteiger partial charge in [-0.3, -0.25) is 4.79 Å². The third-order valence-electron chi connectivity index (χ3n) is 1.90. The monoisotopic (exact) mass is 221 g/mol. The number of hydrogen-bond acceptors (Lipinski definition) is 4. The lowest BCUT2D eigenvalue weighted by molar-refractivity contribution is -0.119. The maximum absolute atomic E-state index is 11.2. The average molecular weight is 221 g/mol. The lowest BCUT2D eigenvalue weighted by atomic mass is 10.1. The number of Topliss-reactive ketones (excluding diaryl/α,β-unsaturated/α-hetero) is 1. The molecule has 0 saturated carbocycles. The van der Waals surface area contributed by atoms with Crippen molar-refractivity contribution in [1.82, 2.24) is 0 Å². The van der Waals surface area contributed by atoms with Gasteiger partial charge in [-0.25, -0.2) is 8.42 Å². The average Bonchev–Trinajstić information content (AvgIpc) is 2.00. The molecular weight excluding hydrogens is 202 g/mol. The molecule has 0 fully saturated rings. The van der Waals surface area contributed by atoms with Crippen LogP contribution in [0.15, 0.2) is 0 Å². The van der Waals surface area contributed by atoms with Crippen molar-refractivity contribution in [3.05, 3.63) is 0 Å². The van der Waals surface area contributed by atoms with Crippen LogP contribution in [0.3, 0.4) is 0 Å². The standard InChI is InChI=1S/C9H19NO3S/c1-3-4-8(10)7-9(11)5-6-14(2,12)13/h8H,3-7,10H2,1-2H3. The molecule has 5 heteroatoms. The number of nitrogens with two attached hydrogens (primary N) is 1. The normalized spacial score (nSPS) is 13.9. The van der Waals surface area contributed by atoms with Crippen molar-refractivity contribution in [3.8, 4) is 0 Å². The molecule has 0 aromatic heterocycles. The SMILES string of the molecule is CCCC(N)CC(=O)CCS(C)(=O)=O. The summed E-state index contributed by atoms with van der Waals surface area (Å²) in [6.45, 7) is 2.00. The van der Waals surface area contributed by atoms with E-state index < -0.39 is 9.84 Å². The molecule has 0 aliphatic heterocycles. The molecule has 0 bridgehead atoms. The second-order valence-electron chi connectivity index (χ2n) is 3.67. The highest BCUT2D eigenvalue weighted by atomic mass is 32.2. The summed E-state index contributed by atoms with van der Waals surface area (Å²) in [5.41, 5.74) is 5.65. The Hall–Kier alpha value is -0.420. The Kier molecular flexibility index (Phi) is 5.95. The van der Waals surface area contributed by atoms with Gasteiger partial charge < -0.3 is 5.73 Å². The van der Waals surface area contributed by atoms with E-state index in [0.29, 0.717) is 6.42 Å². The van der Waals surface area contributed by atoms with Gasteiger partial charge >= 0.3 is 0 Å². The third-order valence-corrected chi connectivity index (χ3v) is 2.85. The van der Waals surface area contributed by atoms with E-state index in [1.165, 1.54) is 0 Å². The van der Waals surface area contributed by atoms with E-state index in [0.717, 1.165) is 19.1 Å². The fourth-order valence-corrected chi connectivity index (χ4v) is 1.77. The summed E-state index contributed by atoms with van der Waals surface area (Å²) in [6, 6.07) is -0.118. The van der Waals surface area contributed by atoms with Crippen LogP contribution < -0.4 is 5.73 Å².